The van der Waals surface area contributed by atoms with Crippen molar-refractivity contribution in [2.75, 3.05) is 13.7 Å². The van der Waals surface area contributed by atoms with Gasteiger partial charge in [0.25, 0.3) is 6.29 Å². The van der Waals surface area contributed by atoms with Crippen LogP contribution in [0.4, 0.5) is 4.79 Å². The van der Waals surface area contributed by atoms with Crippen molar-refractivity contribution in [2.45, 2.75) is 19.6 Å². The first-order chi connectivity index (χ1) is 10.1. The van der Waals surface area contributed by atoms with E-state index in [1.807, 2.05) is 13.0 Å². The standard InChI is InChI=1S/C15H19NO5/c1-4-7-16-15(18)21-14-12-9(2)5-6-10(12)11(8-20-14)13(17)19-3/h4-5,8,10,12,14H,1,6-7H2,2-3H3,(H,16,18). The molecule has 1 amide bonds. The Balaban J connectivity index is 2.12. The Kier molecular flexibility index (Phi) is 4.67. The minimum Gasteiger partial charge on any atom is -0.466 e. The van der Waals surface area contributed by atoms with Crippen molar-refractivity contribution in [3.63, 3.8) is 0 Å². The average molecular weight is 293 g/mol. The molecule has 21 heavy (non-hydrogen) atoms. The number of hydrogen-bond donors (Lipinski definition) is 1. The highest BCUT2D eigenvalue weighted by atomic mass is 16.7. The van der Waals surface area contributed by atoms with Gasteiger partial charge in [-0.05, 0) is 13.3 Å². The Labute approximate surface area is 123 Å². The molecule has 0 aromatic carbocycles. The number of ether oxygens (including phenoxy) is 3. The fraction of sp³-hybridized carbons (Fsp3) is 0.467. The van der Waals surface area contributed by atoms with E-state index in [2.05, 4.69) is 11.9 Å². The topological polar surface area (TPSA) is 73.9 Å². The van der Waals surface area contributed by atoms with Crippen LogP contribution in [0.5, 0.6) is 0 Å². The zero-order valence-electron chi connectivity index (χ0n) is 12.1. The maximum atomic E-state index is 11.8. The van der Waals surface area contributed by atoms with Crippen molar-refractivity contribution in [2.24, 2.45) is 11.8 Å². The van der Waals surface area contributed by atoms with Gasteiger partial charge in [0.1, 0.15) is 0 Å². The van der Waals surface area contributed by atoms with E-state index >= 15 is 0 Å². The number of hydrogen-bond acceptors (Lipinski definition) is 5. The fourth-order valence-corrected chi connectivity index (χ4v) is 2.67. The van der Waals surface area contributed by atoms with Crippen LogP contribution < -0.4 is 5.32 Å². The summed E-state index contributed by atoms with van der Waals surface area (Å²) in [7, 11) is 1.33. The molecule has 3 unspecified atom stereocenters. The Morgan fingerprint density at radius 1 is 1.57 bits per heavy atom. The summed E-state index contributed by atoms with van der Waals surface area (Å²) in [6.45, 7) is 5.77. The SMILES string of the molecule is C=CCNC(=O)OC1OC=C(C(=O)OC)C2CC=C(C)C12. The molecule has 1 aliphatic heterocycles. The van der Waals surface area contributed by atoms with Crippen LogP contribution >= 0.6 is 0 Å². The molecule has 114 valence electrons. The van der Waals surface area contributed by atoms with E-state index < -0.39 is 18.4 Å². The lowest BCUT2D eigenvalue weighted by atomic mass is 9.84. The van der Waals surface area contributed by atoms with E-state index in [1.54, 1.807) is 6.08 Å². The highest BCUT2D eigenvalue weighted by Gasteiger charge is 2.44. The second-order valence-electron chi connectivity index (χ2n) is 4.96. The fourth-order valence-electron chi connectivity index (χ4n) is 2.67. The van der Waals surface area contributed by atoms with Crippen molar-refractivity contribution >= 4 is 12.1 Å². The lowest BCUT2D eigenvalue weighted by Crippen LogP contribution is -2.40. The van der Waals surface area contributed by atoms with E-state index in [-0.39, 0.29) is 11.8 Å². The van der Waals surface area contributed by atoms with Crippen molar-refractivity contribution in [3.8, 4) is 0 Å². The molecule has 0 saturated carbocycles. The number of nitrogens with one attached hydrogen (secondary N) is 1. The maximum absolute atomic E-state index is 11.8. The Morgan fingerprint density at radius 2 is 2.33 bits per heavy atom. The summed E-state index contributed by atoms with van der Waals surface area (Å²) in [6.07, 6.45) is 4.31. The van der Waals surface area contributed by atoms with Gasteiger partial charge in [0.2, 0.25) is 0 Å². The number of esters is 1. The van der Waals surface area contributed by atoms with Crippen LogP contribution in [0.2, 0.25) is 0 Å². The lowest BCUT2D eigenvalue weighted by molar-refractivity contribution is -0.141. The Hall–Kier alpha value is -2.24. The van der Waals surface area contributed by atoms with Crippen LogP contribution in [0.1, 0.15) is 13.3 Å². The van der Waals surface area contributed by atoms with Gasteiger partial charge in [0.05, 0.1) is 24.9 Å². The van der Waals surface area contributed by atoms with Gasteiger partial charge in [0.15, 0.2) is 0 Å². The predicted molar refractivity (Wildman–Crippen MR) is 75.0 cm³/mol. The molecular formula is C15H19NO5. The van der Waals surface area contributed by atoms with Gasteiger partial charge < -0.3 is 19.5 Å². The van der Waals surface area contributed by atoms with Crippen LogP contribution in [0.3, 0.4) is 0 Å². The van der Waals surface area contributed by atoms with Crippen LogP contribution in [0, 0.1) is 11.8 Å². The summed E-state index contributed by atoms with van der Waals surface area (Å²) in [4.78, 5) is 23.4. The minimum absolute atomic E-state index is 0.0802. The third-order valence-corrected chi connectivity index (χ3v) is 3.71. The molecule has 1 N–H and O–H groups in total. The smallest absolute Gasteiger partial charge is 0.410 e. The molecule has 3 atom stereocenters. The van der Waals surface area contributed by atoms with E-state index in [1.165, 1.54) is 13.4 Å². The van der Waals surface area contributed by atoms with Crippen molar-refractivity contribution in [3.05, 3.63) is 36.1 Å². The number of allylic oxidation sites excluding steroid dienone is 1. The molecule has 0 aromatic heterocycles. The Bertz CT molecular complexity index is 508. The van der Waals surface area contributed by atoms with Gasteiger partial charge in [0, 0.05) is 12.5 Å². The van der Waals surface area contributed by atoms with E-state index in [0.29, 0.717) is 18.5 Å². The van der Waals surface area contributed by atoms with E-state index in [9.17, 15) is 9.59 Å². The summed E-state index contributed by atoms with van der Waals surface area (Å²) >= 11 is 0. The summed E-state index contributed by atoms with van der Waals surface area (Å²) in [5.74, 6) is -0.662. The molecule has 6 heteroatoms. The molecule has 0 fully saturated rings. The highest BCUT2D eigenvalue weighted by Crippen LogP contribution is 2.43. The molecule has 0 bridgehead atoms. The number of carbonyl (C=O) groups excluding carboxylic acids is 2. The summed E-state index contributed by atoms with van der Waals surface area (Å²) < 4.78 is 15.5. The largest absolute Gasteiger partial charge is 0.466 e. The second-order valence-corrected chi connectivity index (χ2v) is 4.96. The van der Waals surface area contributed by atoms with Crippen LogP contribution in [0.15, 0.2) is 36.1 Å². The van der Waals surface area contributed by atoms with Crippen LogP contribution in [-0.4, -0.2) is 32.0 Å². The number of fused-ring (bicyclic) bond motifs is 1. The monoisotopic (exact) mass is 293 g/mol. The van der Waals surface area contributed by atoms with Gasteiger partial charge >= 0.3 is 12.1 Å². The number of amides is 1. The third kappa shape index (κ3) is 3.09. The summed E-state index contributed by atoms with van der Waals surface area (Å²) in [5.41, 5.74) is 1.51. The number of alkyl carbamates (subject to hydrolysis) is 1. The summed E-state index contributed by atoms with van der Waals surface area (Å²) in [6, 6.07) is 0. The van der Waals surface area contributed by atoms with Crippen molar-refractivity contribution in [1.82, 2.24) is 5.32 Å². The molecule has 1 heterocycles. The maximum Gasteiger partial charge on any atom is 0.410 e. The molecule has 6 nitrogen and oxygen atoms in total. The van der Waals surface area contributed by atoms with Crippen LogP contribution in [0.25, 0.3) is 0 Å². The second kappa shape index (κ2) is 6.47. The minimum atomic E-state index is -0.744. The normalized spacial score (nSPS) is 26.7. The van der Waals surface area contributed by atoms with Crippen molar-refractivity contribution in [1.29, 1.82) is 0 Å². The van der Waals surface area contributed by atoms with E-state index in [0.717, 1.165) is 5.57 Å². The lowest BCUT2D eigenvalue weighted by Gasteiger charge is -2.33. The van der Waals surface area contributed by atoms with Gasteiger partial charge in [-0.25, -0.2) is 9.59 Å². The molecular weight excluding hydrogens is 274 g/mol. The van der Waals surface area contributed by atoms with Gasteiger partial charge in [-0.1, -0.05) is 17.7 Å². The van der Waals surface area contributed by atoms with Crippen molar-refractivity contribution < 1.29 is 23.8 Å². The molecule has 0 saturated heterocycles. The first-order valence-corrected chi connectivity index (χ1v) is 6.74. The predicted octanol–water partition coefficient (Wildman–Crippen LogP) is 1.89. The molecule has 2 aliphatic rings. The van der Waals surface area contributed by atoms with Gasteiger partial charge in [-0.3, -0.25) is 0 Å². The number of rotatable bonds is 4. The molecule has 0 spiro atoms. The molecule has 1 aliphatic carbocycles. The molecule has 0 aromatic rings. The zero-order valence-corrected chi connectivity index (χ0v) is 12.1. The third-order valence-electron chi connectivity index (χ3n) is 3.71. The molecule has 0 radical (unpaired) electrons. The number of methoxy groups -OCH3 is 1. The zero-order chi connectivity index (χ0) is 15.4. The molecule has 2 rings (SSSR count). The Morgan fingerprint density at radius 3 is 3.00 bits per heavy atom. The quantitative estimate of drug-likeness (QED) is 0.633. The van der Waals surface area contributed by atoms with Gasteiger partial charge in [-0.2, -0.15) is 0 Å². The summed E-state index contributed by atoms with van der Waals surface area (Å²) in [5, 5.41) is 2.53. The average Bonchev–Trinajstić information content (AvgIpc) is 2.87. The number of carbonyl (C=O) groups is 2. The van der Waals surface area contributed by atoms with Crippen LogP contribution in [-0.2, 0) is 19.0 Å². The first-order valence-electron chi connectivity index (χ1n) is 6.74. The van der Waals surface area contributed by atoms with Gasteiger partial charge in [-0.15, -0.1) is 6.58 Å². The van der Waals surface area contributed by atoms with E-state index in [4.69, 9.17) is 14.2 Å². The first kappa shape index (κ1) is 15.2. The highest BCUT2D eigenvalue weighted by molar-refractivity contribution is 5.89.